The molecule has 1 aliphatic rings. The number of piperidine rings is 1. The molecule has 0 amide bonds. The summed E-state index contributed by atoms with van der Waals surface area (Å²) in [5.74, 6) is -1.07. The van der Waals surface area contributed by atoms with Gasteiger partial charge in [-0.1, -0.05) is 18.5 Å². The van der Waals surface area contributed by atoms with Gasteiger partial charge in [0, 0.05) is 12.7 Å². The fraction of sp³-hybridized carbons (Fsp3) is 0.538. The number of hydrogen-bond acceptors (Lipinski definition) is 3. The fourth-order valence-electron chi connectivity index (χ4n) is 2.60. The van der Waals surface area contributed by atoms with Crippen molar-refractivity contribution in [2.24, 2.45) is 5.92 Å². The van der Waals surface area contributed by atoms with E-state index >= 15 is 0 Å². The number of carbonyl (C=O) groups is 1. The van der Waals surface area contributed by atoms with Crippen molar-refractivity contribution in [2.75, 3.05) is 11.4 Å². The van der Waals surface area contributed by atoms with E-state index in [1.165, 1.54) is 4.90 Å². The maximum Gasteiger partial charge on any atom is 0.417 e. The van der Waals surface area contributed by atoms with Crippen molar-refractivity contribution in [1.82, 2.24) is 4.98 Å². The van der Waals surface area contributed by atoms with E-state index < -0.39 is 23.8 Å². The summed E-state index contributed by atoms with van der Waals surface area (Å²) in [5, 5.41) is 9.13. The van der Waals surface area contributed by atoms with E-state index in [4.69, 9.17) is 11.6 Å². The number of aromatic nitrogens is 1. The van der Waals surface area contributed by atoms with E-state index in [-0.39, 0.29) is 16.8 Å². The summed E-state index contributed by atoms with van der Waals surface area (Å²) in [6.07, 6.45) is -2.37. The first-order valence-electron chi connectivity index (χ1n) is 6.44. The van der Waals surface area contributed by atoms with E-state index in [1.54, 1.807) is 6.92 Å². The maximum absolute atomic E-state index is 12.6. The summed E-state index contributed by atoms with van der Waals surface area (Å²) >= 11 is 5.89. The van der Waals surface area contributed by atoms with Gasteiger partial charge in [0.1, 0.15) is 11.9 Å². The molecule has 2 atom stereocenters. The minimum atomic E-state index is -4.53. The summed E-state index contributed by atoms with van der Waals surface area (Å²) in [4.78, 5) is 16.6. The lowest BCUT2D eigenvalue weighted by Crippen LogP contribution is -2.49. The lowest BCUT2D eigenvalue weighted by Gasteiger charge is -2.38. The van der Waals surface area contributed by atoms with Crippen LogP contribution in [-0.4, -0.2) is 28.6 Å². The third-order valence-electron chi connectivity index (χ3n) is 3.61. The highest BCUT2D eigenvalue weighted by atomic mass is 35.5. The summed E-state index contributed by atoms with van der Waals surface area (Å²) in [5.41, 5.74) is -0.951. The van der Waals surface area contributed by atoms with Gasteiger partial charge in [0.2, 0.25) is 0 Å². The number of anilines is 1. The van der Waals surface area contributed by atoms with Gasteiger partial charge in [0.25, 0.3) is 0 Å². The van der Waals surface area contributed by atoms with Gasteiger partial charge >= 0.3 is 12.1 Å². The summed E-state index contributed by atoms with van der Waals surface area (Å²) < 4.78 is 37.8. The Hall–Kier alpha value is -1.50. The number of carboxylic acids is 1. The average Bonchev–Trinajstić information content (AvgIpc) is 2.36. The molecule has 8 heteroatoms. The SMILES string of the molecule is CC1CCCN(c2ncc(C(F)(F)F)cc2Cl)C1C(=O)O. The molecule has 0 bridgehead atoms. The molecule has 1 N–H and O–H groups in total. The Morgan fingerprint density at radius 3 is 2.71 bits per heavy atom. The van der Waals surface area contributed by atoms with Crippen molar-refractivity contribution in [3.05, 3.63) is 22.8 Å². The number of hydrogen-bond donors (Lipinski definition) is 1. The van der Waals surface area contributed by atoms with Crippen LogP contribution in [0.3, 0.4) is 0 Å². The molecule has 2 unspecified atom stereocenters. The van der Waals surface area contributed by atoms with E-state index in [9.17, 15) is 23.1 Å². The molecular formula is C13H14ClF3N2O2. The number of alkyl halides is 3. The fourth-order valence-corrected chi connectivity index (χ4v) is 2.87. The second-order valence-electron chi connectivity index (χ2n) is 5.12. The summed E-state index contributed by atoms with van der Waals surface area (Å²) in [7, 11) is 0. The molecule has 0 aromatic carbocycles. The first-order chi connectivity index (χ1) is 9.71. The zero-order chi connectivity index (χ0) is 15.8. The number of carboxylic acid groups (broad SMARTS) is 1. The van der Waals surface area contributed by atoms with Crippen molar-refractivity contribution in [3.63, 3.8) is 0 Å². The molecule has 1 aliphatic heterocycles. The van der Waals surface area contributed by atoms with Crippen LogP contribution in [0.4, 0.5) is 19.0 Å². The third kappa shape index (κ3) is 3.23. The molecule has 4 nitrogen and oxygen atoms in total. The van der Waals surface area contributed by atoms with Crippen molar-refractivity contribution in [1.29, 1.82) is 0 Å². The topological polar surface area (TPSA) is 53.4 Å². The van der Waals surface area contributed by atoms with Gasteiger partial charge in [-0.15, -0.1) is 0 Å². The van der Waals surface area contributed by atoms with Crippen molar-refractivity contribution < 1.29 is 23.1 Å². The molecule has 1 fully saturated rings. The van der Waals surface area contributed by atoms with Gasteiger partial charge in [-0.05, 0) is 24.8 Å². The third-order valence-corrected chi connectivity index (χ3v) is 3.89. The van der Waals surface area contributed by atoms with E-state index in [2.05, 4.69) is 4.98 Å². The predicted molar refractivity (Wildman–Crippen MR) is 71.4 cm³/mol. The Labute approximate surface area is 124 Å². The van der Waals surface area contributed by atoms with Crippen LogP contribution < -0.4 is 4.90 Å². The Morgan fingerprint density at radius 2 is 2.19 bits per heavy atom. The number of rotatable bonds is 2. The highest BCUT2D eigenvalue weighted by molar-refractivity contribution is 6.33. The van der Waals surface area contributed by atoms with Gasteiger partial charge in [-0.2, -0.15) is 13.2 Å². The highest BCUT2D eigenvalue weighted by Crippen LogP contribution is 2.36. The van der Waals surface area contributed by atoms with Crippen molar-refractivity contribution in [2.45, 2.75) is 32.0 Å². The molecule has 0 radical (unpaired) electrons. The quantitative estimate of drug-likeness (QED) is 0.906. The molecule has 1 aromatic heterocycles. The average molecular weight is 323 g/mol. The number of halogens is 4. The van der Waals surface area contributed by atoms with Gasteiger partial charge in [-0.3, -0.25) is 0 Å². The van der Waals surface area contributed by atoms with Gasteiger partial charge in [0.15, 0.2) is 0 Å². The molecule has 2 heterocycles. The number of nitrogens with zero attached hydrogens (tertiary/aromatic N) is 2. The van der Waals surface area contributed by atoms with Crippen molar-refractivity contribution in [3.8, 4) is 0 Å². The van der Waals surface area contributed by atoms with E-state index in [0.717, 1.165) is 18.9 Å². The van der Waals surface area contributed by atoms with E-state index in [1.807, 2.05) is 0 Å². The standard InChI is InChI=1S/C13H14ClF3N2O2/c1-7-3-2-4-19(10(7)12(20)21)11-9(14)5-8(6-18-11)13(15,16)17/h5-7,10H,2-4H2,1H3,(H,20,21). The van der Waals surface area contributed by atoms with Crippen molar-refractivity contribution >= 4 is 23.4 Å². The molecular weight excluding hydrogens is 309 g/mol. The monoisotopic (exact) mass is 322 g/mol. The van der Waals surface area contributed by atoms with Crippen LogP contribution >= 0.6 is 11.6 Å². The molecule has 0 saturated carbocycles. The Morgan fingerprint density at radius 1 is 1.52 bits per heavy atom. The molecule has 2 rings (SSSR count). The van der Waals surface area contributed by atoms with Crippen LogP contribution in [0.2, 0.25) is 5.02 Å². The largest absolute Gasteiger partial charge is 0.480 e. The lowest BCUT2D eigenvalue weighted by molar-refractivity contribution is -0.140. The van der Waals surface area contributed by atoms with Crippen LogP contribution in [0.25, 0.3) is 0 Å². The second kappa shape index (κ2) is 5.71. The minimum Gasteiger partial charge on any atom is -0.480 e. The van der Waals surface area contributed by atoms with Crippen LogP contribution in [0, 0.1) is 5.92 Å². The normalized spacial score (nSPS) is 23.2. The maximum atomic E-state index is 12.6. The Kier molecular flexibility index (Phi) is 4.32. The van der Waals surface area contributed by atoms with Crippen LogP contribution in [0.15, 0.2) is 12.3 Å². The predicted octanol–water partition coefficient (Wildman–Crippen LogP) is 3.44. The van der Waals surface area contributed by atoms with E-state index in [0.29, 0.717) is 12.7 Å². The van der Waals surface area contributed by atoms with Gasteiger partial charge in [-0.25, -0.2) is 9.78 Å². The zero-order valence-electron chi connectivity index (χ0n) is 11.2. The molecule has 0 aliphatic carbocycles. The van der Waals surface area contributed by atoms with Crippen LogP contribution in [0.1, 0.15) is 25.3 Å². The summed E-state index contributed by atoms with van der Waals surface area (Å²) in [6, 6.07) is -0.0530. The van der Waals surface area contributed by atoms with Crippen LogP contribution in [-0.2, 0) is 11.0 Å². The molecule has 1 aromatic rings. The first kappa shape index (κ1) is 15.9. The summed E-state index contributed by atoms with van der Waals surface area (Å²) in [6.45, 7) is 2.20. The van der Waals surface area contributed by atoms with Crippen LogP contribution in [0.5, 0.6) is 0 Å². The molecule has 1 saturated heterocycles. The number of pyridine rings is 1. The molecule has 21 heavy (non-hydrogen) atoms. The Bertz CT molecular complexity index is 551. The molecule has 116 valence electrons. The smallest absolute Gasteiger partial charge is 0.417 e. The minimum absolute atomic E-state index is 0.0867. The van der Waals surface area contributed by atoms with Gasteiger partial charge < -0.3 is 10.0 Å². The zero-order valence-corrected chi connectivity index (χ0v) is 11.9. The lowest BCUT2D eigenvalue weighted by atomic mass is 9.91. The highest BCUT2D eigenvalue weighted by Gasteiger charge is 2.37. The number of aliphatic carboxylic acids is 1. The molecule has 0 spiro atoms. The first-order valence-corrected chi connectivity index (χ1v) is 6.82. The Balaban J connectivity index is 2.38. The van der Waals surface area contributed by atoms with Gasteiger partial charge in [0.05, 0.1) is 10.6 Å². The second-order valence-corrected chi connectivity index (χ2v) is 5.53.